The van der Waals surface area contributed by atoms with Crippen LogP contribution < -0.4 is 5.32 Å². The highest BCUT2D eigenvalue weighted by molar-refractivity contribution is 7.17. The summed E-state index contributed by atoms with van der Waals surface area (Å²) >= 11 is 15.9. The molecule has 7 aromatic carbocycles. The first-order valence-corrected chi connectivity index (χ1v) is 34.5. The molecule has 0 bridgehead atoms. The molecule has 0 spiro atoms. The molecule has 0 aliphatic carbocycles. The molecule has 0 aliphatic rings. The number of carbonyl (C=O) groups is 3. The summed E-state index contributed by atoms with van der Waals surface area (Å²) in [5.74, 6) is -1.12. The molecule has 16 rings (SSSR count). The molecule has 104 heavy (non-hydrogen) atoms. The number of amides is 1. The molecule has 1 atom stereocenters. The molecule has 16 aromatic rings. The number of nitrogens with zero attached hydrogens (tertiary/aromatic N) is 16. The summed E-state index contributed by atoms with van der Waals surface area (Å²) < 4.78 is 0.933. The lowest BCUT2D eigenvalue weighted by Crippen LogP contribution is -2.25. The maximum atomic E-state index is 11.8. The lowest BCUT2D eigenvalue weighted by molar-refractivity contribution is -0.0756. The fraction of sp³-hybridized carbons (Fsp3) is 0.0789. The molecule has 1 unspecified atom stereocenters. The number of aromatic nitrogens is 15. The number of nitrogens with one attached hydrogen (secondary N) is 1. The van der Waals surface area contributed by atoms with Gasteiger partial charge in [-0.2, -0.15) is 0 Å². The van der Waals surface area contributed by atoms with Crippen LogP contribution >= 0.6 is 57.2 Å². The zero-order valence-corrected chi connectivity index (χ0v) is 59.7. The number of carbonyl (C=O) groups excluding carboxylic acids is 2. The van der Waals surface area contributed by atoms with Crippen LogP contribution in [0.4, 0.5) is 5.13 Å². The fourth-order valence-corrected chi connectivity index (χ4v) is 12.5. The molecule has 0 aliphatic heterocycles. The van der Waals surface area contributed by atoms with E-state index < -0.39 is 11.6 Å². The summed E-state index contributed by atoms with van der Waals surface area (Å²) in [6.45, 7) is 12.3. The molecule has 1 amide bonds. The monoisotopic (exact) mass is 1470 g/mol. The maximum absolute atomic E-state index is 11.8. The zero-order valence-electron chi connectivity index (χ0n) is 55.7. The van der Waals surface area contributed by atoms with Gasteiger partial charge in [0.05, 0.1) is 93.5 Å². The van der Waals surface area contributed by atoms with E-state index in [1.165, 1.54) is 60.6 Å². The quantitative estimate of drug-likeness (QED) is 0.0713. The summed E-state index contributed by atoms with van der Waals surface area (Å²) in [4.78, 5) is 104. The van der Waals surface area contributed by atoms with Crippen molar-refractivity contribution in [3.63, 3.8) is 0 Å². The molecule has 0 fully saturated rings. The van der Waals surface area contributed by atoms with E-state index in [4.69, 9.17) is 33.1 Å². The van der Waals surface area contributed by atoms with Crippen LogP contribution in [0.15, 0.2) is 246 Å². The minimum atomic E-state index is -1.14. The summed E-state index contributed by atoms with van der Waals surface area (Å²) in [6.07, 6.45) is 24.8. The Morgan fingerprint density at radius 3 is 1.25 bits per heavy atom. The number of hydrogen-bond donors (Lipinski definition) is 3. The molecule has 0 saturated carbocycles. The number of aromatic carboxylic acids is 1. The minimum absolute atomic E-state index is 0.0487. The molecule has 9 heterocycles. The van der Waals surface area contributed by atoms with Crippen molar-refractivity contribution in [3.05, 3.63) is 308 Å². The average molecular weight is 1470 g/mol. The van der Waals surface area contributed by atoms with Crippen LogP contribution in [0.5, 0.6) is 0 Å². The number of aliphatic hydroxyl groups is 1. The van der Waals surface area contributed by atoms with Crippen molar-refractivity contribution in [2.24, 2.45) is 0 Å². The number of fused-ring (bicyclic) bond motifs is 6. The van der Waals surface area contributed by atoms with Crippen molar-refractivity contribution >= 4 is 157 Å². The molecule has 0 radical (unpaired) electrons. The second-order valence-corrected chi connectivity index (χ2v) is 26.5. The number of thiazole rings is 3. The number of hydroxylamine groups is 2. The van der Waals surface area contributed by atoms with E-state index in [1.807, 2.05) is 79.0 Å². The van der Waals surface area contributed by atoms with Crippen molar-refractivity contribution in [1.29, 1.82) is 0 Å². The third-order valence-corrected chi connectivity index (χ3v) is 18.9. The van der Waals surface area contributed by atoms with Crippen molar-refractivity contribution < 1.29 is 29.4 Å². The van der Waals surface area contributed by atoms with Crippen LogP contribution in [0, 0.1) is 0 Å². The predicted octanol–water partition coefficient (Wildman–Crippen LogP) is 16.0. The Morgan fingerprint density at radius 1 is 0.462 bits per heavy atom. The summed E-state index contributed by atoms with van der Waals surface area (Å²) in [6, 6.07) is 42.8. The first-order valence-electron chi connectivity index (χ1n) is 31.3. The van der Waals surface area contributed by atoms with Crippen LogP contribution in [0.25, 0.3) is 77.3 Å². The second kappa shape index (κ2) is 34.5. The van der Waals surface area contributed by atoms with E-state index in [2.05, 4.69) is 105 Å². The summed E-state index contributed by atoms with van der Waals surface area (Å²) in [5, 5.41) is 24.8. The Kier molecular flexibility index (Phi) is 24.2. The van der Waals surface area contributed by atoms with E-state index in [0.717, 1.165) is 104 Å². The molecule has 0 saturated heterocycles. The Bertz CT molecular complexity index is 5660. The van der Waals surface area contributed by atoms with Gasteiger partial charge >= 0.3 is 5.97 Å². The molecular formula is C76H59Cl2N17O6S3. The standard InChI is InChI=1S/C20H16N4S.C13H10ClN3OS.C13H8ClN3S.C11H11N3O2.C10H8N2O.C9H6N2O2/c1-14(16-7-8-17-18(11-16)22-10-9-21-17)19-13-24-20(25-19)23-12-15-5-3-2-4-6-15;1-13(18,11-7-17-12(14)19-11)8-2-3-9-10(6-8)16-5-4-15-9;1-8(12-7-17-13(14)18-12)9-2-3-10-11(6-9)16-5-4-15-10;1-14(16-2)11(15)8-3-4-9-10(7-8)13-6-5-12-9;1-7(13)8-2-3-9-10(6-8)12-5-4-11-9;12-9(13)6-1-2-7-8(5-6)11-4-3-10-7/h2-11,13H,1,12H2,(H,23,24);2-7,18H,1H3;2-7H,1H2;3-7H,1-2H3;2-6H,1H3;1-5H,(H,12,13). The number of rotatable bonds is 13. The van der Waals surface area contributed by atoms with E-state index >= 15 is 0 Å². The highest BCUT2D eigenvalue weighted by atomic mass is 35.5. The number of benzene rings is 7. The van der Waals surface area contributed by atoms with Gasteiger partial charge < -0.3 is 15.5 Å². The predicted molar refractivity (Wildman–Crippen MR) is 408 cm³/mol. The van der Waals surface area contributed by atoms with Crippen molar-refractivity contribution in [2.45, 2.75) is 26.0 Å². The van der Waals surface area contributed by atoms with E-state index in [0.29, 0.717) is 41.5 Å². The van der Waals surface area contributed by atoms with Gasteiger partial charge in [-0.05, 0) is 138 Å². The van der Waals surface area contributed by atoms with Gasteiger partial charge in [0.2, 0.25) is 0 Å². The molecule has 3 N–H and O–H groups in total. The Balaban J connectivity index is 0.000000127. The average Bonchev–Trinajstić information content (AvgIpc) is 1.53. The summed E-state index contributed by atoms with van der Waals surface area (Å²) in [7, 11) is 3.00. The largest absolute Gasteiger partial charge is 0.478 e. The molecule has 23 nitrogen and oxygen atoms in total. The van der Waals surface area contributed by atoms with Gasteiger partial charge in [0.25, 0.3) is 5.91 Å². The molecule has 516 valence electrons. The smallest absolute Gasteiger partial charge is 0.335 e. The number of anilines is 1. The normalized spacial score (nSPS) is 11.2. The van der Waals surface area contributed by atoms with E-state index in [-0.39, 0.29) is 17.3 Å². The van der Waals surface area contributed by atoms with Crippen LogP contribution in [0.2, 0.25) is 8.93 Å². The highest BCUT2D eigenvalue weighted by Crippen LogP contribution is 2.36. The van der Waals surface area contributed by atoms with E-state index in [9.17, 15) is 19.5 Å². The van der Waals surface area contributed by atoms with Crippen molar-refractivity contribution in [3.8, 4) is 0 Å². The molecular weight excluding hydrogens is 1410 g/mol. The third-order valence-electron chi connectivity index (χ3n) is 15.4. The van der Waals surface area contributed by atoms with Gasteiger partial charge in [-0.15, -0.1) is 22.7 Å². The Hall–Kier alpha value is -12.1. The lowest BCUT2D eigenvalue weighted by Gasteiger charge is -2.22. The van der Waals surface area contributed by atoms with Crippen LogP contribution in [0.1, 0.15) is 81.8 Å². The Labute approximate surface area is 616 Å². The fourth-order valence-electron chi connectivity index (χ4n) is 9.77. The van der Waals surface area contributed by atoms with Gasteiger partial charge in [-0.1, -0.05) is 96.2 Å². The highest BCUT2D eigenvalue weighted by Gasteiger charge is 2.29. The Morgan fingerprint density at radius 2 is 0.827 bits per heavy atom. The van der Waals surface area contributed by atoms with Gasteiger partial charge in [0, 0.05) is 118 Å². The zero-order chi connectivity index (χ0) is 73.1. The number of halogens is 2. The topological polar surface area (TPSA) is 310 Å². The third kappa shape index (κ3) is 18.9. The first kappa shape index (κ1) is 73.1. The number of carboxylic acids is 1. The van der Waals surface area contributed by atoms with Crippen LogP contribution in [-0.4, -0.2) is 122 Å². The lowest BCUT2D eigenvalue weighted by atomic mass is 9.94. The van der Waals surface area contributed by atoms with Crippen LogP contribution in [0.3, 0.4) is 0 Å². The number of hydrogen-bond acceptors (Lipinski definition) is 24. The van der Waals surface area contributed by atoms with Crippen LogP contribution in [-0.2, 0) is 17.0 Å². The van der Waals surface area contributed by atoms with E-state index in [1.54, 1.807) is 148 Å². The van der Waals surface area contributed by atoms with Crippen molar-refractivity contribution in [2.75, 3.05) is 19.5 Å². The van der Waals surface area contributed by atoms with Gasteiger partial charge in [-0.3, -0.25) is 74.2 Å². The number of ketones is 1. The van der Waals surface area contributed by atoms with Gasteiger partial charge in [0.15, 0.2) is 19.8 Å². The van der Waals surface area contributed by atoms with Crippen molar-refractivity contribution in [1.82, 2.24) is 79.8 Å². The molecule has 28 heteroatoms. The SMILES string of the molecule is C=C(c1ccc2nccnc2c1)c1cnc(Cl)s1.C=C(c1ccc2nccnc2c1)c1cnc(NCc2ccccc2)s1.CC(=O)c1ccc2nccnc2c1.CC(O)(c1ccc2nccnc2c1)c1cnc(Cl)s1.CON(C)C(=O)c1ccc2nccnc2c1.O=C(O)c1ccc2nccnc2c1. The number of Topliss-reactive ketones (excluding diaryl/α,β-unsaturated/α-hetero) is 1. The summed E-state index contributed by atoms with van der Waals surface area (Å²) in [5.41, 5.74) is 15.5. The maximum Gasteiger partial charge on any atom is 0.335 e. The second-order valence-electron chi connectivity index (χ2n) is 22.3. The molecule has 9 aromatic heterocycles. The number of carboxylic acid groups (broad SMARTS) is 1. The van der Waals surface area contributed by atoms with Gasteiger partial charge in [0.1, 0.15) is 5.60 Å². The minimum Gasteiger partial charge on any atom is -0.478 e. The van der Waals surface area contributed by atoms with Gasteiger partial charge in [-0.25, -0.2) is 24.8 Å². The first-order chi connectivity index (χ1) is 50.4.